The molecule has 0 bridgehead atoms. The maximum absolute atomic E-state index is 12.7. The van der Waals surface area contributed by atoms with Gasteiger partial charge in [-0.05, 0) is 48.2 Å². The van der Waals surface area contributed by atoms with Crippen LogP contribution in [0.4, 0.5) is 13.2 Å². The molecule has 1 heterocycles. The summed E-state index contributed by atoms with van der Waals surface area (Å²) in [4.78, 5) is 12.2. The highest BCUT2D eigenvalue weighted by Gasteiger charge is 2.37. The van der Waals surface area contributed by atoms with Gasteiger partial charge >= 0.3 is 12.1 Å². The number of methoxy groups -OCH3 is 2. The molecule has 3 rings (SSSR count). The first-order chi connectivity index (χ1) is 13.3. The highest BCUT2D eigenvalue weighted by atomic mass is 19.4. The van der Waals surface area contributed by atoms with Gasteiger partial charge in [-0.1, -0.05) is 18.2 Å². The number of hydrogen-bond donors (Lipinski definition) is 0. The lowest BCUT2D eigenvalue weighted by Gasteiger charge is -2.17. The number of carbonyl (C=O) groups is 1. The first kappa shape index (κ1) is 20.0. The second kappa shape index (κ2) is 8.12. The van der Waals surface area contributed by atoms with Gasteiger partial charge in [0, 0.05) is 5.92 Å². The van der Waals surface area contributed by atoms with E-state index in [1.54, 1.807) is 20.3 Å². The molecule has 2 aromatic rings. The maximum Gasteiger partial charge on any atom is 0.416 e. The van der Waals surface area contributed by atoms with E-state index >= 15 is 0 Å². The quantitative estimate of drug-likeness (QED) is 0.686. The molecule has 0 saturated carbocycles. The van der Waals surface area contributed by atoms with Crippen LogP contribution >= 0.6 is 0 Å². The van der Waals surface area contributed by atoms with E-state index in [1.165, 1.54) is 12.1 Å². The predicted molar refractivity (Wildman–Crippen MR) is 96.3 cm³/mol. The van der Waals surface area contributed by atoms with Crippen molar-refractivity contribution in [1.82, 2.24) is 0 Å². The molecule has 1 aliphatic heterocycles. The van der Waals surface area contributed by atoms with Crippen LogP contribution in [0.25, 0.3) is 0 Å². The number of hydrogen-bond acceptors (Lipinski definition) is 4. The molecule has 2 aromatic carbocycles. The van der Waals surface area contributed by atoms with E-state index in [1.807, 2.05) is 12.1 Å². The highest BCUT2D eigenvalue weighted by Crippen LogP contribution is 2.34. The average Bonchev–Trinajstić information content (AvgIpc) is 3.01. The minimum absolute atomic E-state index is 0.0621. The summed E-state index contributed by atoms with van der Waals surface area (Å²) in [6.45, 7) is 0.290. The van der Waals surface area contributed by atoms with E-state index in [4.69, 9.17) is 14.2 Å². The number of carbonyl (C=O) groups excluding carboxylic acids is 1. The molecule has 0 aliphatic carbocycles. The SMILES string of the molecule is COc1ccc(C[C@H]2COC(=O)[C@@H]2Cc2ccc(C(F)(F)F)cc2)cc1OC. The van der Waals surface area contributed by atoms with E-state index in [-0.39, 0.29) is 11.9 Å². The lowest BCUT2D eigenvalue weighted by Crippen LogP contribution is -2.20. The number of cyclic esters (lactones) is 1. The summed E-state index contributed by atoms with van der Waals surface area (Å²) >= 11 is 0. The minimum Gasteiger partial charge on any atom is -0.493 e. The first-order valence-corrected chi connectivity index (χ1v) is 8.85. The summed E-state index contributed by atoms with van der Waals surface area (Å²) in [5.74, 6) is 0.443. The Labute approximate surface area is 161 Å². The number of esters is 1. The molecule has 2 atom stereocenters. The average molecular weight is 394 g/mol. The molecule has 0 aromatic heterocycles. The van der Waals surface area contributed by atoms with Gasteiger partial charge in [-0.2, -0.15) is 13.2 Å². The molecule has 150 valence electrons. The molecule has 28 heavy (non-hydrogen) atoms. The van der Waals surface area contributed by atoms with Crippen LogP contribution in [0, 0.1) is 11.8 Å². The Balaban J connectivity index is 1.73. The summed E-state index contributed by atoms with van der Waals surface area (Å²) in [6.07, 6.45) is -3.44. The van der Waals surface area contributed by atoms with Crippen LogP contribution in [0.3, 0.4) is 0 Å². The second-order valence-corrected chi connectivity index (χ2v) is 6.79. The number of ether oxygens (including phenoxy) is 3. The topological polar surface area (TPSA) is 44.8 Å². The van der Waals surface area contributed by atoms with Gasteiger partial charge in [0.2, 0.25) is 0 Å². The third kappa shape index (κ3) is 4.40. The summed E-state index contributed by atoms with van der Waals surface area (Å²) < 4.78 is 53.9. The Morgan fingerprint density at radius 3 is 2.21 bits per heavy atom. The fraction of sp³-hybridized carbons (Fsp3) is 0.381. The normalized spacial score (nSPS) is 19.4. The number of alkyl halides is 3. The molecule has 1 saturated heterocycles. The van der Waals surface area contributed by atoms with Crippen LogP contribution in [0.1, 0.15) is 16.7 Å². The molecule has 1 aliphatic rings. The molecule has 0 amide bonds. The Bertz CT molecular complexity index is 831. The Kier molecular flexibility index (Phi) is 5.82. The highest BCUT2D eigenvalue weighted by molar-refractivity contribution is 5.75. The van der Waals surface area contributed by atoms with Crippen LogP contribution in [0.15, 0.2) is 42.5 Å². The fourth-order valence-electron chi connectivity index (χ4n) is 3.45. The lowest BCUT2D eigenvalue weighted by atomic mass is 9.85. The van der Waals surface area contributed by atoms with Crippen molar-refractivity contribution >= 4 is 5.97 Å². The third-order valence-corrected chi connectivity index (χ3v) is 4.99. The largest absolute Gasteiger partial charge is 0.493 e. The summed E-state index contributed by atoms with van der Waals surface area (Å²) in [5.41, 5.74) is 0.944. The monoisotopic (exact) mass is 394 g/mol. The van der Waals surface area contributed by atoms with Gasteiger partial charge in [0.15, 0.2) is 11.5 Å². The lowest BCUT2D eigenvalue weighted by molar-refractivity contribution is -0.141. The van der Waals surface area contributed by atoms with E-state index in [2.05, 4.69) is 0 Å². The first-order valence-electron chi connectivity index (χ1n) is 8.85. The van der Waals surface area contributed by atoms with Gasteiger partial charge in [0.05, 0.1) is 32.3 Å². The summed E-state index contributed by atoms with van der Waals surface area (Å²) in [5, 5.41) is 0. The Morgan fingerprint density at radius 2 is 1.61 bits per heavy atom. The molecule has 1 fully saturated rings. The molecule has 0 spiro atoms. The van der Waals surface area contributed by atoms with Gasteiger partial charge < -0.3 is 14.2 Å². The van der Waals surface area contributed by atoms with E-state index in [0.29, 0.717) is 36.5 Å². The van der Waals surface area contributed by atoms with Crippen LogP contribution in [0.2, 0.25) is 0 Å². The molecule has 0 unspecified atom stereocenters. The fourth-order valence-corrected chi connectivity index (χ4v) is 3.45. The Morgan fingerprint density at radius 1 is 0.964 bits per heavy atom. The number of rotatable bonds is 6. The van der Waals surface area contributed by atoms with E-state index < -0.39 is 17.7 Å². The van der Waals surface area contributed by atoms with Gasteiger partial charge in [-0.25, -0.2) is 0 Å². The molecular formula is C21H21F3O4. The third-order valence-electron chi connectivity index (χ3n) is 4.99. The van der Waals surface area contributed by atoms with Gasteiger partial charge in [-0.3, -0.25) is 4.79 Å². The van der Waals surface area contributed by atoms with Crippen molar-refractivity contribution < 1.29 is 32.2 Å². The summed E-state index contributed by atoms with van der Waals surface area (Å²) in [7, 11) is 3.11. The number of benzene rings is 2. The molecule has 4 nitrogen and oxygen atoms in total. The minimum atomic E-state index is -4.37. The van der Waals surface area contributed by atoms with Crippen molar-refractivity contribution in [2.45, 2.75) is 19.0 Å². The molecule has 0 N–H and O–H groups in total. The van der Waals surface area contributed by atoms with Crippen LogP contribution in [-0.4, -0.2) is 26.8 Å². The zero-order chi connectivity index (χ0) is 20.3. The van der Waals surface area contributed by atoms with Crippen molar-refractivity contribution in [3.63, 3.8) is 0 Å². The van der Waals surface area contributed by atoms with Crippen molar-refractivity contribution in [2.24, 2.45) is 11.8 Å². The van der Waals surface area contributed by atoms with Crippen molar-refractivity contribution in [1.29, 1.82) is 0 Å². The smallest absolute Gasteiger partial charge is 0.416 e. The molecule has 0 radical (unpaired) electrons. The number of halogens is 3. The van der Waals surface area contributed by atoms with Gasteiger partial charge in [0.1, 0.15) is 0 Å². The zero-order valence-corrected chi connectivity index (χ0v) is 15.6. The van der Waals surface area contributed by atoms with E-state index in [0.717, 1.165) is 17.7 Å². The van der Waals surface area contributed by atoms with Crippen molar-refractivity contribution in [3.8, 4) is 11.5 Å². The van der Waals surface area contributed by atoms with Crippen molar-refractivity contribution in [3.05, 3.63) is 59.2 Å². The van der Waals surface area contributed by atoms with Gasteiger partial charge in [0.25, 0.3) is 0 Å². The second-order valence-electron chi connectivity index (χ2n) is 6.79. The van der Waals surface area contributed by atoms with Crippen LogP contribution in [-0.2, 0) is 28.5 Å². The predicted octanol–water partition coefficient (Wildman–Crippen LogP) is 4.30. The molecule has 7 heteroatoms. The molecular weight excluding hydrogens is 373 g/mol. The standard InChI is InChI=1S/C21H21F3O4/c1-26-18-8-5-14(11-19(18)27-2)9-15-12-28-20(25)17(15)10-13-3-6-16(7-4-13)21(22,23)24/h3-8,11,15,17H,9-10,12H2,1-2H3/t15-,17+/m0/s1. The zero-order valence-electron chi connectivity index (χ0n) is 15.6. The maximum atomic E-state index is 12.7. The van der Waals surface area contributed by atoms with Crippen LogP contribution < -0.4 is 9.47 Å². The Hall–Kier alpha value is -2.70. The van der Waals surface area contributed by atoms with Gasteiger partial charge in [-0.15, -0.1) is 0 Å². The van der Waals surface area contributed by atoms with E-state index in [9.17, 15) is 18.0 Å². The summed E-state index contributed by atoms with van der Waals surface area (Å²) in [6, 6.07) is 10.5. The van der Waals surface area contributed by atoms with Crippen LogP contribution in [0.5, 0.6) is 11.5 Å². The van der Waals surface area contributed by atoms with Crippen molar-refractivity contribution in [2.75, 3.05) is 20.8 Å².